The van der Waals surface area contributed by atoms with Crippen molar-refractivity contribution < 1.29 is 27.5 Å². The third-order valence-corrected chi connectivity index (χ3v) is 3.45. The van der Waals surface area contributed by atoms with Crippen LogP contribution in [0.15, 0.2) is 24.3 Å². The Balaban J connectivity index is 2.42. The summed E-state index contributed by atoms with van der Waals surface area (Å²) in [6, 6.07) is 6.01. The number of nitrogens with one attached hydrogen (secondary N) is 2. The highest BCUT2D eigenvalue weighted by Gasteiger charge is 2.27. The minimum Gasteiger partial charge on any atom is -0.367 e. The lowest BCUT2D eigenvalue weighted by molar-refractivity contribution is -0.176. The van der Waals surface area contributed by atoms with Gasteiger partial charge in [-0.15, -0.1) is 0 Å². The van der Waals surface area contributed by atoms with Gasteiger partial charge in [0.05, 0.1) is 6.61 Å². The number of benzene rings is 1. The number of hydrogen-bond donors (Lipinski definition) is 2. The fraction of sp³-hybridized carbons (Fsp3) is 0.556. The number of ether oxygens (including phenoxy) is 1. The lowest BCUT2D eigenvalue weighted by Gasteiger charge is -2.21. The Bertz CT molecular complexity index is 608. The van der Waals surface area contributed by atoms with E-state index in [4.69, 9.17) is 0 Å². The lowest BCUT2D eigenvalue weighted by atomic mass is 9.95. The largest absolute Gasteiger partial charge is 0.411 e. The molecule has 0 heterocycles. The van der Waals surface area contributed by atoms with Crippen LogP contribution in [0.4, 0.5) is 13.2 Å². The minimum atomic E-state index is -4.34. The molecule has 0 spiro atoms. The summed E-state index contributed by atoms with van der Waals surface area (Å²) in [6.07, 6.45) is -4.34. The molecule has 0 aliphatic rings. The van der Waals surface area contributed by atoms with Crippen LogP contribution in [-0.2, 0) is 27.5 Å². The second-order valence-corrected chi connectivity index (χ2v) is 7.09. The molecule has 2 amide bonds. The third-order valence-electron chi connectivity index (χ3n) is 3.45. The van der Waals surface area contributed by atoms with Crippen LogP contribution in [0.5, 0.6) is 0 Å². The van der Waals surface area contributed by atoms with Crippen molar-refractivity contribution in [3.05, 3.63) is 35.4 Å². The number of carbonyl (C=O) groups excluding carboxylic acids is 2. The van der Waals surface area contributed by atoms with Gasteiger partial charge in [-0.3, -0.25) is 9.59 Å². The summed E-state index contributed by atoms with van der Waals surface area (Å²) in [6.45, 7) is 5.69. The molecule has 1 unspecified atom stereocenters. The van der Waals surface area contributed by atoms with Crippen molar-refractivity contribution in [2.24, 2.45) is 5.41 Å². The Morgan fingerprint density at radius 1 is 1.08 bits per heavy atom. The number of hydrogen-bond acceptors (Lipinski definition) is 3. The van der Waals surface area contributed by atoms with E-state index in [1.807, 2.05) is 0 Å². The zero-order valence-corrected chi connectivity index (χ0v) is 15.4. The molecule has 0 bridgehead atoms. The van der Waals surface area contributed by atoms with E-state index in [9.17, 15) is 22.8 Å². The van der Waals surface area contributed by atoms with Gasteiger partial charge in [0.15, 0.2) is 0 Å². The Morgan fingerprint density at radius 2 is 1.62 bits per heavy atom. The van der Waals surface area contributed by atoms with E-state index in [0.717, 1.165) is 5.56 Å². The van der Waals surface area contributed by atoms with Crippen LogP contribution in [0, 0.1) is 5.41 Å². The molecule has 0 fully saturated rings. The van der Waals surface area contributed by atoms with Crippen LogP contribution in [0.1, 0.15) is 38.8 Å². The maximum atomic E-state index is 12.0. The van der Waals surface area contributed by atoms with E-state index in [-0.39, 0.29) is 25.0 Å². The predicted molar refractivity (Wildman–Crippen MR) is 91.1 cm³/mol. The molecular formula is C18H25F3N2O3. The van der Waals surface area contributed by atoms with E-state index < -0.39 is 24.2 Å². The lowest BCUT2D eigenvalue weighted by Crippen LogP contribution is -2.48. The summed E-state index contributed by atoms with van der Waals surface area (Å²) in [5, 5.41) is 5.35. The normalized spacial score (nSPS) is 13.2. The first-order valence-electron chi connectivity index (χ1n) is 8.19. The van der Waals surface area contributed by atoms with Crippen molar-refractivity contribution in [2.75, 3.05) is 6.61 Å². The van der Waals surface area contributed by atoms with Gasteiger partial charge in [-0.05, 0) is 18.1 Å². The molecule has 0 saturated heterocycles. The quantitative estimate of drug-likeness (QED) is 0.771. The molecule has 0 aromatic heterocycles. The maximum Gasteiger partial charge on any atom is 0.411 e. The second kappa shape index (κ2) is 9.02. The van der Waals surface area contributed by atoms with Crippen molar-refractivity contribution in [2.45, 2.75) is 53.1 Å². The van der Waals surface area contributed by atoms with E-state index in [0.29, 0.717) is 5.56 Å². The molecule has 1 aromatic rings. The van der Waals surface area contributed by atoms with Crippen LogP contribution < -0.4 is 10.6 Å². The molecule has 0 aliphatic heterocycles. The van der Waals surface area contributed by atoms with Gasteiger partial charge in [-0.1, -0.05) is 45.0 Å². The summed E-state index contributed by atoms with van der Waals surface area (Å²) in [4.78, 5) is 23.9. The van der Waals surface area contributed by atoms with Crippen LogP contribution in [0.3, 0.4) is 0 Å². The van der Waals surface area contributed by atoms with Crippen LogP contribution >= 0.6 is 0 Å². The first kappa shape index (κ1) is 22.0. The molecule has 0 aliphatic carbocycles. The number of rotatable bonds is 7. The summed E-state index contributed by atoms with van der Waals surface area (Å²) >= 11 is 0. The fourth-order valence-corrected chi connectivity index (χ4v) is 1.86. The van der Waals surface area contributed by atoms with Gasteiger partial charge in [0.25, 0.3) is 0 Å². The van der Waals surface area contributed by atoms with Gasteiger partial charge in [-0.25, -0.2) is 0 Å². The molecule has 5 nitrogen and oxygen atoms in total. The smallest absolute Gasteiger partial charge is 0.367 e. The molecule has 0 radical (unpaired) electrons. The van der Waals surface area contributed by atoms with Gasteiger partial charge >= 0.3 is 6.18 Å². The summed E-state index contributed by atoms with van der Waals surface area (Å²) < 4.78 is 40.6. The molecule has 146 valence electrons. The highest BCUT2D eigenvalue weighted by atomic mass is 19.4. The van der Waals surface area contributed by atoms with Gasteiger partial charge < -0.3 is 15.4 Å². The Kier molecular flexibility index (Phi) is 7.62. The third kappa shape index (κ3) is 8.33. The topological polar surface area (TPSA) is 67.4 Å². The van der Waals surface area contributed by atoms with Gasteiger partial charge in [0.2, 0.25) is 11.8 Å². The summed E-state index contributed by atoms with van der Waals surface area (Å²) in [5.41, 5.74) is 0.806. The molecule has 8 heteroatoms. The van der Waals surface area contributed by atoms with E-state index in [2.05, 4.69) is 15.4 Å². The van der Waals surface area contributed by atoms with Gasteiger partial charge in [-0.2, -0.15) is 13.2 Å². The van der Waals surface area contributed by atoms with Crippen LogP contribution in [0.25, 0.3) is 0 Å². The predicted octanol–water partition coefficient (Wildman–Crippen LogP) is 2.93. The molecule has 1 rings (SSSR count). The first-order chi connectivity index (χ1) is 11.9. The number of carbonyl (C=O) groups is 2. The van der Waals surface area contributed by atoms with Crippen molar-refractivity contribution in [1.29, 1.82) is 0 Å². The van der Waals surface area contributed by atoms with Gasteiger partial charge in [0.1, 0.15) is 12.6 Å². The Labute approximate surface area is 151 Å². The van der Waals surface area contributed by atoms with E-state index in [1.165, 1.54) is 0 Å². The van der Waals surface area contributed by atoms with E-state index in [1.54, 1.807) is 52.0 Å². The molecule has 1 aromatic carbocycles. The number of alkyl halides is 3. The maximum absolute atomic E-state index is 12.0. The molecule has 26 heavy (non-hydrogen) atoms. The fourth-order valence-electron chi connectivity index (χ4n) is 1.86. The molecule has 1 atom stereocenters. The Hall–Kier alpha value is -2.09. The van der Waals surface area contributed by atoms with Crippen molar-refractivity contribution in [3.8, 4) is 0 Å². The average Bonchev–Trinajstić information content (AvgIpc) is 2.51. The average molecular weight is 374 g/mol. The molecular weight excluding hydrogens is 349 g/mol. The van der Waals surface area contributed by atoms with Crippen LogP contribution in [-0.4, -0.2) is 30.6 Å². The second-order valence-electron chi connectivity index (χ2n) is 7.09. The van der Waals surface area contributed by atoms with E-state index >= 15 is 0 Å². The van der Waals surface area contributed by atoms with Crippen LogP contribution in [0.2, 0.25) is 0 Å². The minimum absolute atomic E-state index is 0.137. The zero-order valence-electron chi connectivity index (χ0n) is 15.4. The first-order valence-corrected chi connectivity index (χ1v) is 8.19. The van der Waals surface area contributed by atoms with Crippen molar-refractivity contribution >= 4 is 11.8 Å². The standard InChI is InChI=1S/C18H25F3N2O3/c1-12(23-16(25)17(2,3)4)15(24)22-9-13-5-7-14(8-6-13)10-26-11-18(19,20)21/h5-8,12H,9-11H2,1-4H3,(H,22,24)(H,23,25). The highest BCUT2D eigenvalue weighted by molar-refractivity contribution is 5.89. The number of halogens is 3. The summed E-state index contributed by atoms with van der Waals surface area (Å²) in [5.74, 6) is -0.538. The monoisotopic (exact) mass is 374 g/mol. The Morgan fingerprint density at radius 3 is 2.12 bits per heavy atom. The molecule has 0 saturated carbocycles. The molecule has 2 N–H and O–H groups in total. The van der Waals surface area contributed by atoms with Crippen molar-refractivity contribution in [3.63, 3.8) is 0 Å². The highest BCUT2D eigenvalue weighted by Crippen LogP contribution is 2.16. The zero-order chi connectivity index (χ0) is 20.0. The van der Waals surface area contributed by atoms with Gasteiger partial charge in [0, 0.05) is 12.0 Å². The van der Waals surface area contributed by atoms with Crippen molar-refractivity contribution in [1.82, 2.24) is 10.6 Å². The SMILES string of the molecule is CC(NC(=O)C(C)(C)C)C(=O)NCc1ccc(COCC(F)(F)F)cc1. The number of amides is 2. The summed E-state index contributed by atoms with van der Waals surface area (Å²) in [7, 11) is 0.